The first-order valence-electron chi connectivity index (χ1n) is 8.13. The minimum absolute atomic E-state index is 0.0325. The van der Waals surface area contributed by atoms with Gasteiger partial charge in [0.15, 0.2) is 0 Å². The topological polar surface area (TPSA) is 72.2 Å². The second kappa shape index (κ2) is 7.23. The molecular weight excluding hydrogens is 334 g/mol. The smallest absolute Gasteiger partial charge is 0.253 e. The summed E-state index contributed by atoms with van der Waals surface area (Å²) in [5.41, 5.74) is 4.17. The summed E-state index contributed by atoms with van der Waals surface area (Å²) in [7, 11) is 0. The van der Waals surface area contributed by atoms with Crippen LogP contribution in [0.15, 0.2) is 35.5 Å². The van der Waals surface area contributed by atoms with Crippen LogP contribution in [0.4, 0.5) is 0 Å². The molecule has 2 heterocycles. The van der Waals surface area contributed by atoms with E-state index in [0.29, 0.717) is 10.9 Å². The van der Waals surface area contributed by atoms with Crippen molar-refractivity contribution in [2.24, 2.45) is 0 Å². The van der Waals surface area contributed by atoms with Gasteiger partial charge in [-0.2, -0.15) is 4.98 Å². The summed E-state index contributed by atoms with van der Waals surface area (Å²) < 4.78 is 1.70. The van der Waals surface area contributed by atoms with Gasteiger partial charge in [-0.05, 0) is 44.9 Å². The number of nitrogens with one attached hydrogen (secondary N) is 1. The molecule has 0 aliphatic carbocycles. The third-order valence-electron chi connectivity index (χ3n) is 3.96. The minimum Gasteiger partial charge on any atom is -0.349 e. The maximum atomic E-state index is 12.2. The molecule has 3 aromatic rings. The molecule has 0 radical (unpaired) electrons. The van der Waals surface area contributed by atoms with Gasteiger partial charge < -0.3 is 5.32 Å². The van der Waals surface area contributed by atoms with Gasteiger partial charge in [-0.25, -0.2) is 9.50 Å². The Labute approximate surface area is 151 Å². The van der Waals surface area contributed by atoms with Crippen molar-refractivity contribution in [1.82, 2.24) is 24.9 Å². The van der Waals surface area contributed by atoms with Gasteiger partial charge >= 0.3 is 0 Å². The van der Waals surface area contributed by atoms with Crippen LogP contribution >= 0.6 is 11.8 Å². The van der Waals surface area contributed by atoms with Gasteiger partial charge in [-0.3, -0.25) is 4.79 Å². The molecule has 25 heavy (non-hydrogen) atoms. The van der Waals surface area contributed by atoms with Crippen molar-refractivity contribution in [2.45, 2.75) is 38.9 Å². The summed E-state index contributed by atoms with van der Waals surface area (Å²) >= 11 is 1.32. The second-order valence-electron chi connectivity index (χ2n) is 6.08. The molecule has 0 saturated heterocycles. The Morgan fingerprint density at radius 1 is 1.24 bits per heavy atom. The zero-order chi connectivity index (χ0) is 18.0. The normalized spacial score (nSPS) is 12.3. The van der Waals surface area contributed by atoms with Gasteiger partial charge in [-0.15, -0.1) is 5.10 Å². The van der Waals surface area contributed by atoms with Crippen LogP contribution in [0.3, 0.4) is 0 Å². The summed E-state index contributed by atoms with van der Waals surface area (Å²) in [6.45, 7) is 7.92. The number of hydrogen-bond acceptors (Lipinski definition) is 5. The van der Waals surface area contributed by atoms with Crippen LogP contribution in [-0.2, 0) is 4.79 Å². The number of carbonyl (C=O) groups excluding carboxylic acids is 1. The molecule has 6 nitrogen and oxygen atoms in total. The third kappa shape index (κ3) is 3.99. The van der Waals surface area contributed by atoms with Crippen molar-refractivity contribution >= 4 is 23.4 Å². The van der Waals surface area contributed by atoms with Crippen molar-refractivity contribution in [1.29, 1.82) is 0 Å². The summed E-state index contributed by atoms with van der Waals surface area (Å²) in [4.78, 5) is 21.0. The van der Waals surface area contributed by atoms with Gasteiger partial charge in [0.2, 0.25) is 11.1 Å². The predicted octanol–water partition coefficient (Wildman–Crippen LogP) is 3.02. The van der Waals surface area contributed by atoms with E-state index in [1.54, 1.807) is 4.52 Å². The summed E-state index contributed by atoms with van der Waals surface area (Å²) in [6.07, 6.45) is 0. The molecule has 1 atom stereocenters. The Kier molecular flexibility index (Phi) is 5.03. The molecular formula is C18H21N5OS. The first-order chi connectivity index (χ1) is 11.9. The van der Waals surface area contributed by atoms with E-state index >= 15 is 0 Å². The Balaban J connectivity index is 1.63. The number of rotatable bonds is 5. The van der Waals surface area contributed by atoms with Crippen molar-refractivity contribution < 1.29 is 4.79 Å². The van der Waals surface area contributed by atoms with Crippen LogP contribution in [-0.4, -0.2) is 31.2 Å². The van der Waals surface area contributed by atoms with Gasteiger partial charge in [0.1, 0.15) is 0 Å². The molecule has 7 heteroatoms. The van der Waals surface area contributed by atoms with Gasteiger partial charge in [0.25, 0.3) is 5.78 Å². The van der Waals surface area contributed by atoms with Crippen molar-refractivity contribution in [2.75, 3.05) is 5.75 Å². The fraction of sp³-hybridized carbons (Fsp3) is 0.333. The van der Waals surface area contributed by atoms with Crippen LogP contribution in [0, 0.1) is 20.8 Å². The fourth-order valence-electron chi connectivity index (χ4n) is 2.77. The second-order valence-corrected chi connectivity index (χ2v) is 7.02. The average molecular weight is 355 g/mol. The highest BCUT2D eigenvalue weighted by Gasteiger charge is 2.14. The van der Waals surface area contributed by atoms with Crippen LogP contribution < -0.4 is 5.32 Å². The highest BCUT2D eigenvalue weighted by Crippen LogP contribution is 2.18. The predicted molar refractivity (Wildman–Crippen MR) is 98.7 cm³/mol. The largest absolute Gasteiger partial charge is 0.349 e. The van der Waals surface area contributed by atoms with Gasteiger partial charge in [0.05, 0.1) is 11.8 Å². The summed E-state index contributed by atoms with van der Waals surface area (Å²) in [5.74, 6) is 0.791. The van der Waals surface area contributed by atoms with E-state index in [1.807, 2.05) is 58.0 Å². The number of nitrogens with zero attached hydrogens (tertiary/aromatic N) is 4. The first kappa shape index (κ1) is 17.4. The zero-order valence-corrected chi connectivity index (χ0v) is 15.6. The number of fused-ring (bicyclic) bond motifs is 1. The van der Waals surface area contributed by atoms with Crippen LogP contribution in [0.2, 0.25) is 0 Å². The third-order valence-corrected chi connectivity index (χ3v) is 4.80. The molecule has 2 aromatic heterocycles. The molecule has 0 fully saturated rings. The number of carbonyl (C=O) groups is 1. The number of amides is 1. The van der Waals surface area contributed by atoms with E-state index < -0.39 is 0 Å². The van der Waals surface area contributed by atoms with E-state index in [4.69, 9.17) is 0 Å². The number of aromatic nitrogens is 4. The van der Waals surface area contributed by atoms with E-state index in [1.165, 1.54) is 17.3 Å². The lowest BCUT2D eigenvalue weighted by Crippen LogP contribution is -2.28. The molecule has 0 aliphatic rings. The fourth-order valence-corrected chi connectivity index (χ4v) is 3.40. The lowest BCUT2D eigenvalue weighted by Gasteiger charge is -2.16. The molecule has 130 valence electrons. The SMILES string of the molecule is Cc1cc(C)n2nc(SCC(=O)NC(C)c3ccccc3C)nc2n1. The van der Waals surface area contributed by atoms with E-state index in [2.05, 4.69) is 20.4 Å². The van der Waals surface area contributed by atoms with Gasteiger partial charge in [0, 0.05) is 11.4 Å². The molecule has 3 rings (SSSR count). The molecule has 0 aliphatic heterocycles. The molecule has 1 N–H and O–H groups in total. The number of aryl methyl sites for hydroxylation is 3. The number of thioether (sulfide) groups is 1. The molecule has 0 bridgehead atoms. The van der Waals surface area contributed by atoms with E-state index in [0.717, 1.165) is 17.0 Å². The molecule has 1 aromatic carbocycles. The van der Waals surface area contributed by atoms with E-state index in [-0.39, 0.29) is 17.7 Å². The molecule has 0 spiro atoms. The van der Waals surface area contributed by atoms with Crippen molar-refractivity contribution in [3.05, 3.63) is 52.8 Å². The van der Waals surface area contributed by atoms with Crippen molar-refractivity contribution in [3.63, 3.8) is 0 Å². The monoisotopic (exact) mass is 355 g/mol. The first-order valence-corrected chi connectivity index (χ1v) is 9.11. The molecule has 1 unspecified atom stereocenters. The maximum Gasteiger partial charge on any atom is 0.253 e. The highest BCUT2D eigenvalue weighted by molar-refractivity contribution is 7.99. The number of hydrogen-bond donors (Lipinski definition) is 1. The van der Waals surface area contributed by atoms with E-state index in [9.17, 15) is 4.79 Å². The maximum absolute atomic E-state index is 12.2. The summed E-state index contributed by atoms with van der Waals surface area (Å²) in [6, 6.07) is 9.98. The van der Waals surface area contributed by atoms with Crippen LogP contribution in [0.25, 0.3) is 5.78 Å². The van der Waals surface area contributed by atoms with Gasteiger partial charge in [-0.1, -0.05) is 36.0 Å². The Hall–Kier alpha value is -2.41. The molecule has 0 saturated carbocycles. The lowest BCUT2D eigenvalue weighted by molar-refractivity contribution is -0.119. The van der Waals surface area contributed by atoms with Crippen molar-refractivity contribution in [3.8, 4) is 0 Å². The Morgan fingerprint density at radius 2 is 2.00 bits per heavy atom. The summed E-state index contributed by atoms with van der Waals surface area (Å²) in [5, 5.41) is 7.98. The Bertz CT molecular complexity index is 921. The van der Waals surface area contributed by atoms with Crippen LogP contribution in [0.5, 0.6) is 0 Å². The molecule has 1 amide bonds. The zero-order valence-electron chi connectivity index (χ0n) is 14.8. The standard InChI is InChI=1S/C18H21N5OS/c1-11-7-5-6-8-15(11)14(4)20-16(24)10-25-18-21-17-19-12(2)9-13(3)23(17)22-18/h5-9,14H,10H2,1-4H3,(H,20,24). The quantitative estimate of drug-likeness (QED) is 0.712. The lowest BCUT2D eigenvalue weighted by atomic mass is 10.0. The Morgan fingerprint density at radius 3 is 2.76 bits per heavy atom. The minimum atomic E-state index is -0.0412. The average Bonchev–Trinajstić information content (AvgIpc) is 2.96. The highest BCUT2D eigenvalue weighted by atomic mass is 32.2. The number of benzene rings is 1. The van der Waals surface area contributed by atoms with Crippen LogP contribution in [0.1, 0.15) is 35.5 Å².